The van der Waals surface area contributed by atoms with Gasteiger partial charge in [0.05, 0.1) is 20.4 Å². The molecule has 0 atom stereocenters. The zero-order valence-electron chi connectivity index (χ0n) is 10.2. The number of thiophene rings is 1. The number of rotatable bonds is 5. The van der Waals surface area contributed by atoms with Crippen LogP contribution in [0.4, 0.5) is 5.69 Å². The smallest absolute Gasteiger partial charge is 0.282 e. The second kappa shape index (κ2) is 5.99. The number of ketones is 1. The Balaban J connectivity index is 2.07. The van der Waals surface area contributed by atoms with Crippen LogP contribution in [0.2, 0.25) is 0 Å². The quantitative estimate of drug-likeness (QED) is 0.362. The molecule has 0 saturated heterocycles. The molecule has 1 heterocycles. The summed E-state index contributed by atoms with van der Waals surface area (Å²) in [5, 5.41) is 10.8. The van der Waals surface area contributed by atoms with Gasteiger partial charge in [-0.2, -0.15) is 0 Å². The topological polar surface area (TPSA) is 60.2 Å². The zero-order chi connectivity index (χ0) is 13.8. The van der Waals surface area contributed by atoms with E-state index in [0.29, 0.717) is 9.77 Å². The summed E-state index contributed by atoms with van der Waals surface area (Å²) in [6.45, 7) is 1.94. The van der Waals surface area contributed by atoms with Crippen LogP contribution in [0, 0.1) is 17.0 Å². The predicted molar refractivity (Wildman–Crippen MR) is 77.2 cm³/mol. The molecule has 0 saturated carbocycles. The molecule has 98 valence electrons. The Morgan fingerprint density at radius 1 is 1.32 bits per heavy atom. The monoisotopic (exact) mass is 293 g/mol. The van der Waals surface area contributed by atoms with Gasteiger partial charge in [-0.15, -0.1) is 23.1 Å². The summed E-state index contributed by atoms with van der Waals surface area (Å²) in [7, 11) is 0. The highest BCUT2D eigenvalue weighted by Gasteiger charge is 2.15. The van der Waals surface area contributed by atoms with Gasteiger partial charge in [-0.1, -0.05) is 12.1 Å². The van der Waals surface area contributed by atoms with Crippen molar-refractivity contribution in [1.82, 2.24) is 0 Å². The molecule has 0 N–H and O–H groups in total. The molecule has 2 rings (SSSR count). The van der Waals surface area contributed by atoms with E-state index in [0.717, 1.165) is 4.88 Å². The van der Waals surface area contributed by atoms with E-state index in [1.165, 1.54) is 29.2 Å². The SMILES string of the molecule is Cc1ccc(C(=O)CSc2ccccc2[N+](=O)[O-])s1. The Morgan fingerprint density at radius 3 is 2.68 bits per heavy atom. The van der Waals surface area contributed by atoms with Crippen molar-refractivity contribution in [2.45, 2.75) is 11.8 Å². The van der Waals surface area contributed by atoms with Crippen LogP contribution in [-0.2, 0) is 0 Å². The molecule has 0 spiro atoms. The first-order valence-corrected chi connectivity index (χ1v) is 7.34. The molecular formula is C13H11NO3S2. The highest BCUT2D eigenvalue weighted by Crippen LogP contribution is 2.29. The van der Waals surface area contributed by atoms with Crippen molar-refractivity contribution in [3.63, 3.8) is 0 Å². The number of hydrogen-bond acceptors (Lipinski definition) is 5. The van der Waals surface area contributed by atoms with Gasteiger partial charge in [0, 0.05) is 10.9 Å². The molecule has 0 bridgehead atoms. The lowest BCUT2D eigenvalue weighted by atomic mass is 10.3. The maximum atomic E-state index is 11.9. The summed E-state index contributed by atoms with van der Waals surface area (Å²) in [5.74, 6) is 0.214. The number of nitro groups is 1. The fraction of sp³-hybridized carbons (Fsp3) is 0.154. The van der Waals surface area contributed by atoms with E-state index in [-0.39, 0.29) is 17.2 Å². The number of nitro benzene ring substituents is 1. The second-order valence-electron chi connectivity index (χ2n) is 3.85. The molecule has 0 amide bonds. The molecule has 1 aromatic heterocycles. The Morgan fingerprint density at radius 2 is 2.05 bits per heavy atom. The fourth-order valence-electron chi connectivity index (χ4n) is 1.53. The summed E-state index contributed by atoms with van der Waals surface area (Å²) >= 11 is 2.65. The van der Waals surface area contributed by atoms with E-state index in [1.54, 1.807) is 24.3 Å². The van der Waals surface area contributed by atoms with Gasteiger partial charge in [0.2, 0.25) is 0 Å². The minimum Gasteiger partial charge on any atom is -0.292 e. The van der Waals surface area contributed by atoms with Crippen LogP contribution >= 0.6 is 23.1 Å². The summed E-state index contributed by atoms with van der Waals surface area (Å²) in [6.07, 6.45) is 0. The molecule has 6 heteroatoms. The minimum atomic E-state index is -0.428. The predicted octanol–water partition coefficient (Wildman–Crippen LogP) is 3.94. The Labute approximate surface area is 118 Å². The van der Waals surface area contributed by atoms with Crippen LogP contribution in [-0.4, -0.2) is 16.5 Å². The number of thioether (sulfide) groups is 1. The Kier molecular flexibility index (Phi) is 4.34. The third-order valence-corrected chi connectivity index (χ3v) is 4.54. The molecule has 0 aliphatic heterocycles. The molecule has 0 aliphatic rings. The summed E-state index contributed by atoms with van der Waals surface area (Å²) in [6, 6.07) is 10.1. The second-order valence-corrected chi connectivity index (χ2v) is 6.15. The van der Waals surface area contributed by atoms with Crippen molar-refractivity contribution in [1.29, 1.82) is 0 Å². The Hall–Kier alpha value is -1.66. The number of hydrogen-bond donors (Lipinski definition) is 0. The molecule has 4 nitrogen and oxygen atoms in total. The summed E-state index contributed by atoms with van der Waals surface area (Å²) < 4.78 is 0. The van der Waals surface area contributed by atoms with Crippen molar-refractivity contribution >= 4 is 34.6 Å². The number of para-hydroxylation sites is 1. The van der Waals surface area contributed by atoms with Gasteiger partial charge < -0.3 is 0 Å². The van der Waals surface area contributed by atoms with E-state index >= 15 is 0 Å². The van der Waals surface area contributed by atoms with Crippen molar-refractivity contribution in [3.8, 4) is 0 Å². The molecule has 0 fully saturated rings. The van der Waals surface area contributed by atoms with Gasteiger partial charge in [0.1, 0.15) is 0 Å². The number of carbonyl (C=O) groups excluding carboxylic acids is 1. The number of aryl methyl sites for hydroxylation is 1. The van der Waals surface area contributed by atoms with Crippen molar-refractivity contribution in [2.24, 2.45) is 0 Å². The molecule has 2 aromatic rings. The lowest BCUT2D eigenvalue weighted by Gasteiger charge is -2.01. The van der Waals surface area contributed by atoms with Gasteiger partial charge >= 0.3 is 0 Å². The summed E-state index contributed by atoms with van der Waals surface area (Å²) in [4.78, 5) is 24.7. The number of carbonyl (C=O) groups is 1. The molecular weight excluding hydrogens is 282 g/mol. The zero-order valence-corrected chi connectivity index (χ0v) is 11.8. The van der Waals surface area contributed by atoms with Crippen LogP contribution < -0.4 is 0 Å². The number of Topliss-reactive ketones (excluding diaryl/α,β-unsaturated/α-hetero) is 1. The summed E-state index contributed by atoms with van der Waals surface area (Å²) in [5.41, 5.74) is 0.0441. The molecule has 0 unspecified atom stereocenters. The number of nitrogens with zero attached hydrogens (tertiary/aromatic N) is 1. The highest BCUT2D eigenvalue weighted by atomic mass is 32.2. The minimum absolute atomic E-state index is 0.00116. The molecule has 0 radical (unpaired) electrons. The van der Waals surface area contributed by atoms with Crippen LogP contribution in [0.25, 0.3) is 0 Å². The van der Waals surface area contributed by atoms with E-state index in [2.05, 4.69) is 0 Å². The average molecular weight is 293 g/mol. The maximum absolute atomic E-state index is 11.9. The van der Waals surface area contributed by atoms with Crippen LogP contribution in [0.3, 0.4) is 0 Å². The molecule has 1 aromatic carbocycles. The van der Waals surface area contributed by atoms with Crippen LogP contribution in [0.15, 0.2) is 41.3 Å². The van der Waals surface area contributed by atoms with Gasteiger partial charge in [-0.3, -0.25) is 14.9 Å². The lowest BCUT2D eigenvalue weighted by Crippen LogP contribution is -2.00. The number of benzene rings is 1. The normalized spacial score (nSPS) is 10.4. The van der Waals surface area contributed by atoms with Crippen LogP contribution in [0.1, 0.15) is 14.5 Å². The fourth-order valence-corrected chi connectivity index (χ4v) is 3.33. The van der Waals surface area contributed by atoms with E-state index in [1.807, 2.05) is 13.0 Å². The van der Waals surface area contributed by atoms with E-state index < -0.39 is 4.92 Å². The third kappa shape index (κ3) is 3.42. The van der Waals surface area contributed by atoms with E-state index in [4.69, 9.17) is 0 Å². The average Bonchev–Trinajstić information content (AvgIpc) is 2.83. The van der Waals surface area contributed by atoms with Gasteiger partial charge in [0.25, 0.3) is 5.69 Å². The van der Waals surface area contributed by atoms with Crippen molar-refractivity contribution < 1.29 is 9.72 Å². The standard InChI is InChI=1S/C13H11NO3S2/c1-9-6-7-13(19-9)11(15)8-18-12-5-3-2-4-10(12)14(16)17/h2-7H,8H2,1H3. The van der Waals surface area contributed by atoms with Crippen LogP contribution in [0.5, 0.6) is 0 Å². The maximum Gasteiger partial charge on any atom is 0.282 e. The van der Waals surface area contributed by atoms with Gasteiger partial charge in [-0.25, -0.2) is 0 Å². The largest absolute Gasteiger partial charge is 0.292 e. The van der Waals surface area contributed by atoms with Crippen molar-refractivity contribution in [3.05, 3.63) is 56.3 Å². The first-order chi connectivity index (χ1) is 9.08. The molecule has 19 heavy (non-hydrogen) atoms. The lowest BCUT2D eigenvalue weighted by molar-refractivity contribution is -0.387. The van der Waals surface area contributed by atoms with Gasteiger partial charge in [-0.05, 0) is 25.1 Å². The van der Waals surface area contributed by atoms with E-state index in [9.17, 15) is 14.9 Å². The third-order valence-electron chi connectivity index (χ3n) is 2.44. The molecule has 0 aliphatic carbocycles. The van der Waals surface area contributed by atoms with Gasteiger partial charge in [0.15, 0.2) is 5.78 Å². The first-order valence-electron chi connectivity index (χ1n) is 5.54. The van der Waals surface area contributed by atoms with Crippen molar-refractivity contribution in [2.75, 3.05) is 5.75 Å². The Bertz CT molecular complexity index is 622. The highest BCUT2D eigenvalue weighted by molar-refractivity contribution is 8.00. The first kappa shape index (κ1) is 13.8.